The summed E-state index contributed by atoms with van der Waals surface area (Å²) in [5.41, 5.74) is 0.660. The molecule has 0 amide bonds. The van der Waals surface area contributed by atoms with E-state index in [1.54, 1.807) is 0 Å². The number of fused-ring (bicyclic) bond motifs is 5. The van der Waals surface area contributed by atoms with Gasteiger partial charge in [0.05, 0.1) is 0 Å². The standard InChI is InChI=1S/C21H32O2/c1-13(22)17-6-7-18-16-5-4-14-12-15(23)8-10-20(14,2)19(16)9-11-21(17,18)3/h14,16-19H,4-12H2,1-3H3/t14-,16+,17-,18+,19-,20-,21?/m0/s1. The first-order chi connectivity index (χ1) is 10.9. The maximum Gasteiger partial charge on any atom is 0.133 e. The predicted octanol–water partition coefficient (Wildman–Crippen LogP) is 4.80. The van der Waals surface area contributed by atoms with Gasteiger partial charge < -0.3 is 0 Å². The highest BCUT2D eigenvalue weighted by atomic mass is 16.1. The molecular formula is C21H32O2. The van der Waals surface area contributed by atoms with Gasteiger partial charge in [-0.05, 0) is 86.4 Å². The van der Waals surface area contributed by atoms with Crippen molar-refractivity contribution in [1.29, 1.82) is 0 Å². The molecule has 0 bridgehead atoms. The number of carbonyl (C=O) groups excluding carboxylic acids is 2. The van der Waals surface area contributed by atoms with E-state index in [1.165, 1.54) is 32.1 Å². The highest BCUT2D eigenvalue weighted by Crippen LogP contribution is 2.67. The zero-order valence-electron chi connectivity index (χ0n) is 15.1. The van der Waals surface area contributed by atoms with Gasteiger partial charge in [0, 0.05) is 18.8 Å². The molecule has 4 aliphatic carbocycles. The summed E-state index contributed by atoms with van der Waals surface area (Å²) in [5, 5.41) is 0. The third kappa shape index (κ3) is 2.12. The van der Waals surface area contributed by atoms with E-state index in [1.807, 2.05) is 6.92 Å². The van der Waals surface area contributed by atoms with Gasteiger partial charge >= 0.3 is 0 Å². The van der Waals surface area contributed by atoms with Crippen molar-refractivity contribution in [1.82, 2.24) is 0 Å². The monoisotopic (exact) mass is 316 g/mol. The summed E-state index contributed by atoms with van der Waals surface area (Å²) in [7, 11) is 0. The molecule has 0 saturated heterocycles. The van der Waals surface area contributed by atoms with Gasteiger partial charge in [-0.15, -0.1) is 0 Å². The van der Waals surface area contributed by atoms with Crippen molar-refractivity contribution < 1.29 is 9.59 Å². The fourth-order valence-electron chi connectivity index (χ4n) is 7.71. The molecule has 0 aromatic heterocycles. The normalized spacial score (nSPS) is 52.5. The van der Waals surface area contributed by atoms with E-state index in [9.17, 15) is 9.59 Å². The minimum Gasteiger partial charge on any atom is -0.300 e. The summed E-state index contributed by atoms with van der Waals surface area (Å²) >= 11 is 0. The summed E-state index contributed by atoms with van der Waals surface area (Å²) in [6, 6.07) is 0. The van der Waals surface area contributed by atoms with Crippen LogP contribution in [-0.2, 0) is 9.59 Å². The molecule has 0 heterocycles. The molecule has 7 atom stereocenters. The van der Waals surface area contributed by atoms with E-state index in [2.05, 4.69) is 13.8 Å². The van der Waals surface area contributed by atoms with Crippen molar-refractivity contribution in [2.45, 2.75) is 78.6 Å². The first-order valence-electron chi connectivity index (χ1n) is 9.88. The number of hydrogen-bond donors (Lipinski definition) is 0. The van der Waals surface area contributed by atoms with Gasteiger partial charge in [-0.2, -0.15) is 0 Å². The van der Waals surface area contributed by atoms with Crippen LogP contribution in [0.1, 0.15) is 78.6 Å². The van der Waals surface area contributed by atoms with Crippen LogP contribution in [0.4, 0.5) is 0 Å². The zero-order valence-corrected chi connectivity index (χ0v) is 15.1. The number of Topliss-reactive ketones (excluding diaryl/α,β-unsaturated/α-hetero) is 2. The lowest BCUT2D eigenvalue weighted by Gasteiger charge is -2.60. The van der Waals surface area contributed by atoms with Crippen molar-refractivity contribution in [3.8, 4) is 0 Å². The Hall–Kier alpha value is -0.660. The molecule has 4 rings (SSSR count). The first-order valence-corrected chi connectivity index (χ1v) is 9.88. The van der Waals surface area contributed by atoms with Crippen LogP contribution in [0.5, 0.6) is 0 Å². The van der Waals surface area contributed by atoms with Crippen LogP contribution in [0, 0.1) is 40.4 Å². The van der Waals surface area contributed by atoms with Crippen LogP contribution in [0.3, 0.4) is 0 Å². The summed E-state index contributed by atoms with van der Waals surface area (Å²) in [6.45, 7) is 6.74. The quantitative estimate of drug-likeness (QED) is 0.696. The van der Waals surface area contributed by atoms with Gasteiger partial charge in [0.15, 0.2) is 0 Å². The SMILES string of the molecule is CC(=O)[C@@H]1CC[C@@H]2[C@H]3CC[C@H]4CC(=O)CC[C@]4(C)[C@H]3CCC21C. The summed E-state index contributed by atoms with van der Waals surface area (Å²) < 4.78 is 0. The van der Waals surface area contributed by atoms with Gasteiger partial charge in [0.1, 0.15) is 11.6 Å². The molecule has 0 spiro atoms. The molecule has 0 N–H and O–H groups in total. The molecule has 23 heavy (non-hydrogen) atoms. The van der Waals surface area contributed by atoms with Crippen molar-refractivity contribution in [3.05, 3.63) is 0 Å². The largest absolute Gasteiger partial charge is 0.300 e. The molecule has 0 aromatic carbocycles. The van der Waals surface area contributed by atoms with Gasteiger partial charge in [0.2, 0.25) is 0 Å². The predicted molar refractivity (Wildman–Crippen MR) is 90.9 cm³/mol. The van der Waals surface area contributed by atoms with E-state index in [4.69, 9.17) is 0 Å². The molecule has 4 fully saturated rings. The fourth-order valence-corrected chi connectivity index (χ4v) is 7.71. The Kier molecular flexibility index (Phi) is 3.56. The Balaban J connectivity index is 1.63. The minimum atomic E-state index is 0.265. The lowest BCUT2D eigenvalue weighted by atomic mass is 9.44. The first kappa shape index (κ1) is 15.8. The smallest absolute Gasteiger partial charge is 0.133 e. The van der Waals surface area contributed by atoms with Crippen LogP contribution in [0.2, 0.25) is 0 Å². The van der Waals surface area contributed by atoms with E-state index in [0.717, 1.165) is 43.4 Å². The van der Waals surface area contributed by atoms with Gasteiger partial charge in [0.25, 0.3) is 0 Å². The van der Waals surface area contributed by atoms with Crippen molar-refractivity contribution >= 4 is 11.6 Å². The summed E-state index contributed by atoms with van der Waals surface area (Å²) in [6.07, 6.45) is 10.3. The number of carbonyl (C=O) groups is 2. The maximum atomic E-state index is 12.2. The van der Waals surface area contributed by atoms with Crippen LogP contribution in [0.25, 0.3) is 0 Å². The van der Waals surface area contributed by atoms with E-state index >= 15 is 0 Å². The second-order valence-electron chi connectivity index (χ2n) is 9.68. The highest BCUT2D eigenvalue weighted by molar-refractivity contribution is 5.80. The second kappa shape index (κ2) is 5.17. The molecule has 128 valence electrons. The third-order valence-corrected chi connectivity index (χ3v) is 8.97. The molecular weight excluding hydrogens is 284 g/mol. The van der Waals surface area contributed by atoms with E-state index < -0.39 is 0 Å². The summed E-state index contributed by atoms with van der Waals surface area (Å²) in [5.74, 6) is 4.25. The highest BCUT2D eigenvalue weighted by Gasteiger charge is 2.60. The topological polar surface area (TPSA) is 34.1 Å². The fraction of sp³-hybridized carbons (Fsp3) is 0.905. The lowest BCUT2D eigenvalue weighted by Crippen LogP contribution is -2.53. The van der Waals surface area contributed by atoms with Gasteiger partial charge in [-0.3, -0.25) is 9.59 Å². The van der Waals surface area contributed by atoms with Gasteiger partial charge in [-0.1, -0.05) is 13.8 Å². The van der Waals surface area contributed by atoms with Crippen LogP contribution in [0.15, 0.2) is 0 Å². The molecule has 2 heteroatoms. The maximum absolute atomic E-state index is 12.2. The van der Waals surface area contributed by atoms with Crippen LogP contribution < -0.4 is 0 Å². The van der Waals surface area contributed by atoms with E-state index in [0.29, 0.717) is 28.8 Å². The lowest BCUT2D eigenvalue weighted by molar-refractivity contribution is -0.143. The van der Waals surface area contributed by atoms with E-state index in [-0.39, 0.29) is 5.41 Å². The Bertz CT molecular complexity index is 538. The van der Waals surface area contributed by atoms with Crippen molar-refractivity contribution in [3.63, 3.8) is 0 Å². The van der Waals surface area contributed by atoms with Gasteiger partial charge in [-0.25, -0.2) is 0 Å². The molecule has 1 unspecified atom stereocenters. The van der Waals surface area contributed by atoms with Crippen molar-refractivity contribution in [2.24, 2.45) is 40.4 Å². The molecule has 0 radical (unpaired) electrons. The van der Waals surface area contributed by atoms with Crippen LogP contribution in [-0.4, -0.2) is 11.6 Å². The Morgan fingerprint density at radius 2 is 1.70 bits per heavy atom. The van der Waals surface area contributed by atoms with Crippen LogP contribution >= 0.6 is 0 Å². The molecule has 4 saturated carbocycles. The molecule has 4 aliphatic rings. The number of ketones is 2. The average molecular weight is 316 g/mol. The number of rotatable bonds is 1. The Morgan fingerprint density at radius 3 is 2.43 bits per heavy atom. The van der Waals surface area contributed by atoms with Crippen molar-refractivity contribution in [2.75, 3.05) is 0 Å². The number of hydrogen-bond acceptors (Lipinski definition) is 2. The Labute approximate surface area is 140 Å². The molecule has 0 aromatic rings. The Morgan fingerprint density at radius 1 is 0.957 bits per heavy atom. The summed E-state index contributed by atoms with van der Waals surface area (Å²) in [4.78, 5) is 24.1. The molecule has 0 aliphatic heterocycles. The molecule has 2 nitrogen and oxygen atoms in total. The second-order valence-corrected chi connectivity index (χ2v) is 9.68. The average Bonchev–Trinajstić information content (AvgIpc) is 2.85. The minimum absolute atomic E-state index is 0.265. The zero-order chi connectivity index (χ0) is 16.4. The third-order valence-electron chi connectivity index (χ3n) is 8.97.